The minimum atomic E-state index is -0.355. The summed E-state index contributed by atoms with van der Waals surface area (Å²) in [6.07, 6.45) is 0. The van der Waals surface area contributed by atoms with E-state index in [4.69, 9.17) is 15.2 Å². The van der Waals surface area contributed by atoms with Crippen LogP contribution in [0.5, 0.6) is 5.75 Å². The number of carbonyl (C=O) groups excluding carboxylic acids is 1. The highest BCUT2D eigenvalue weighted by atomic mass is 16.5. The number of benzene rings is 1. The molecule has 1 amide bonds. The zero-order chi connectivity index (χ0) is 15.7. The molecule has 3 rings (SSSR count). The van der Waals surface area contributed by atoms with Crippen LogP contribution in [0.1, 0.15) is 13.8 Å². The molecule has 120 valence electrons. The zero-order valence-electron chi connectivity index (χ0n) is 13.2. The highest BCUT2D eigenvalue weighted by Crippen LogP contribution is 2.38. The molecule has 2 N–H and O–H groups in total. The quantitative estimate of drug-likeness (QED) is 0.829. The van der Waals surface area contributed by atoms with Gasteiger partial charge in [0.05, 0.1) is 32.0 Å². The molecular formula is C16H23N3O3. The van der Waals surface area contributed by atoms with Crippen molar-refractivity contribution in [2.75, 3.05) is 50.0 Å². The number of hydrogen-bond donors (Lipinski definition) is 1. The first-order valence-electron chi connectivity index (χ1n) is 7.64. The van der Waals surface area contributed by atoms with Gasteiger partial charge in [-0.15, -0.1) is 0 Å². The van der Waals surface area contributed by atoms with E-state index in [1.165, 1.54) is 0 Å². The third-order valence-corrected chi connectivity index (χ3v) is 3.97. The van der Waals surface area contributed by atoms with Crippen LogP contribution in [-0.4, -0.2) is 55.8 Å². The van der Waals surface area contributed by atoms with Crippen molar-refractivity contribution in [2.24, 2.45) is 0 Å². The molecule has 22 heavy (non-hydrogen) atoms. The lowest BCUT2D eigenvalue weighted by molar-refractivity contribution is -0.133. The van der Waals surface area contributed by atoms with Crippen molar-refractivity contribution >= 4 is 17.3 Å². The van der Waals surface area contributed by atoms with Crippen LogP contribution in [0, 0.1) is 0 Å². The molecule has 0 atom stereocenters. The Morgan fingerprint density at radius 1 is 1.32 bits per heavy atom. The molecule has 0 unspecified atom stereocenters. The normalized spacial score (nSPS) is 20.3. The van der Waals surface area contributed by atoms with Gasteiger partial charge in [-0.3, -0.25) is 4.79 Å². The molecule has 2 aliphatic heterocycles. The highest BCUT2D eigenvalue weighted by molar-refractivity contribution is 5.83. The van der Waals surface area contributed by atoms with Gasteiger partial charge in [0.25, 0.3) is 0 Å². The Kier molecular flexibility index (Phi) is 3.87. The number of rotatable bonds is 2. The van der Waals surface area contributed by atoms with E-state index in [0.717, 1.165) is 11.4 Å². The fourth-order valence-corrected chi connectivity index (χ4v) is 2.97. The standard InChI is InChI=1S/C16H23N3O3/c1-16(2)11-19(10-15(20)18-5-7-21-8-6-18)13-4-3-12(17)9-14(13)22-16/h3-4,9H,5-8,10-11,17H2,1-2H3. The molecule has 1 fully saturated rings. The lowest BCUT2D eigenvalue weighted by Crippen LogP contribution is -2.52. The maximum atomic E-state index is 12.5. The molecule has 6 nitrogen and oxygen atoms in total. The molecule has 0 spiro atoms. The number of hydrogen-bond acceptors (Lipinski definition) is 5. The van der Waals surface area contributed by atoms with E-state index in [1.54, 1.807) is 0 Å². The average Bonchev–Trinajstić information content (AvgIpc) is 2.46. The Balaban J connectivity index is 1.79. The molecule has 0 radical (unpaired) electrons. The topological polar surface area (TPSA) is 68.0 Å². The van der Waals surface area contributed by atoms with Crippen LogP contribution in [0.15, 0.2) is 18.2 Å². The molecule has 1 aromatic rings. The lowest BCUT2D eigenvalue weighted by Gasteiger charge is -2.41. The number of ether oxygens (including phenoxy) is 2. The van der Waals surface area contributed by atoms with Crippen molar-refractivity contribution in [1.82, 2.24) is 4.90 Å². The first kappa shape index (κ1) is 15.0. The Hall–Kier alpha value is -1.95. The summed E-state index contributed by atoms with van der Waals surface area (Å²) in [5, 5.41) is 0. The van der Waals surface area contributed by atoms with E-state index in [9.17, 15) is 4.79 Å². The van der Waals surface area contributed by atoms with Crippen molar-refractivity contribution in [2.45, 2.75) is 19.4 Å². The first-order valence-corrected chi connectivity index (χ1v) is 7.64. The van der Waals surface area contributed by atoms with Crippen molar-refractivity contribution in [3.8, 4) is 5.75 Å². The highest BCUT2D eigenvalue weighted by Gasteiger charge is 2.33. The summed E-state index contributed by atoms with van der Waals surface area (Å²) in [5.41, 5.74) is 7.08. The summed E-state index contributed by atoms with van der Waals surface area (Å²) >= 11 is 0. The van der Waals surface area contributed by atoms with Crippen molar-refractivity contribution < 1.29 is 14.3 Å². The molecular weight excluding hydrogens is 282 g/mol. The van der Waals surface area contributed by atoms with E-state index >= 15 is 0 Å². The van der Waals surface area contributed by atoms with Gasteiger partial charge >= 0.3 is 0 Å². The Labute approximate surface area is 130 Å². The lowest BCUT2D eigenvalue weighted by atomic mass is 10.0. The van der Waals surface area contributed by atoms with Crippen LogP contribution in [0.3, 0.4) is 0 Å². The summed E-state index contributed by atoms with van der Waals surface area (Å²) < 4.78 is 11.3. The molecule has 6 heteroatoms. The van der Waals surface area contributed by atoms with Gasteiger partial charge in [-0.25, -0.2) is 0 Å². The number of nitrogen functional groups attached to an aromatic ring is 1. The summed E-state index contributed by atoms with van der Waals surface area (Å²) in [7, 11) is 0. The molecule has 0 bridgehead atoms. The van der Waals surface area contributed by atoms with Gasteiger partial charge in [0.2, 0.25) is 5.91 Å². The van der Waals surface area contributed by atoms with Crippen LogP contribution in [0.2, 0.25) is 0 Å². The fourth-order valence-electron chi connectivity index (χ4n) is 2.97. The summed E-state index contributed by atoms with van der Waals surface area (Å²) in [6, 6.07) is 5.58. The number of fused-ring (bicyclic) bond motifs is 1. The molecule has 0 saturated carbocycles. The SMILES string of the molecule is CC1(C)CN(CC(=O)N2CCOCC2)c2ccc(N)cc2O1. The molecule has 0 aliphatic carbocycles. The summed E-state index contributed by atoms with van der Waals surface area (Å²) in [5.74, 6) is 0.870. The summed E-state index contributed by atoms with van der Waals surface area (Å²) in [6.45, 7) is 7.63. The van der Waals surface area contributed by atoms with E-state index < -0.39 is 0 Å². The number of nitrogens with two attached hydrogens (primary N) is 1. The predicted molar refractivity (Wildman–Crippen MR) is 85.2 cm³/mol. The van der Waals surface area contributed by atoms with Crippen molar-refractivity contribution in [1.29, 1.82) is 0 Å². The third-order valence-electron chi connectivity index (χ3n) is 3.97. The maximum Gasteiger partial charge on any atom is 0.242 e. The number of anilines is 2. The molecule has 2 aliphatic rings. The van der Waals surface area contributed by atoms with Crippen molar-refractivity contribution in [3.63, 3.8) is 0 Å². The van der Waals surface area contributed by atoms with E-state index in [2.05, 4.69) is 4.90 Å². The third kappa shape index (κ3) is 3.11. The second-order valence-corrected chi connectivity index (χ2v) is 6.44. The number of amides is 1. The second-order valence-electron chi connectivity index (χ2n) is 6.44. The van der Waals surface area contributed by atoms with Gasteiger partial charge in [-0.2, -0.15) is 0 Å². The number of nitrogens with zero attached hydrogens (tertiary/aromatic N) is 2. The van der Waals surface area contributed by atoms with Crippen LogP contribution < -0.4 is 15.4 Å². The largest absolute Gasteiger partial charge is 0.484 e. The van der Waals surface area contributed by atoms with Gasteiger partial charge in [0, 0.05) is 24.8 Å². The monoisotopic (exact) mass is 305 g/mol. The second kappa shape index (κ2) is 5.68. The van der Waals surface area contributed by atoms with E-state index in [0.29, 0.717) is 45.1 Å². The fraction of sp³-hybridized carbons (Fsp3) is 0.562. The Bertz CT molecular complexity index is 568. The van der Waals surface area contributed by atoms with Crippen LogP contribution >= 0.6 is 0 Å². The zero-order valence-corrected chi connectivity index (χ0v) is 13.2. The predicted octanol–water partition coefficient (Wildman–Crippen LogP) is 1.10. The van der Waals surface area contributed by atoms with Crippen molar-refractivity contribution in [3.05, 3.63) is 18.2 Å². The smallest absolute Gasteiger partial charge is 0.242 e. The minimum absolute atomic E-state index is 0.128. The first-order chi connectivity index (χ1) is 10.4. The van der Waals surface area contributed by atoms with Gasteiger partial charge in [-0.05, 0) is 26.0 Å². The molecule has 1 aromatic carbocycles. The minimum Gasteiger partial charge on any atom is -0.484 e. The van der Waals surface area contributed by atoms with Crippen LogP contribution in [0.25, 0.3) is 0 Å². The van der Waals surface area contributed by atoms with Crippen LogP contribution in [-0.2, 0) is 9.53 Å². The van der Waals surface area contributed by atoms with Gasteiger partial charge < -0.3 is 25.0 Å². The molecule has 1 saturated heterocycles. The van der Waals surface area contributed by atoms with Gasteiger partial charge in [0.1, 0.15) is 11.4 Å². The van der Waals surface area contributed by atoms with Crippen LogP contribution in [0.4, 0.5) is 11.4 Å². The maximum absolute atomic E-state index is 12.5. The van der Waals surface area contributed by atoms with E-state index in [1.807, 2.05) is 36.9 Å². The average molecular weight is 305 g/mol. The Morgan fingerprint density at radius 2 is 2.05 bits per heavy atom. The number of carbonyl (C=O) groups is 1. The molecule has 2 heterocycles. The summed E-state index contributed by atoms with van der Waals surface area (Å²) in [4.78, 5) is 16.5. The Morgan fingerprint density at radius 3 is 2.77 bits per heavy atom. The van der Waals surface area contributed by atoms with Gasteiger partial charge in [-0.1, -0.05) is 0 Å². The molecule has 0 aromatic heterocycles. The van der Waals surface area contributed by atoms with E-state index in [-0.39, 0.29) is 11.5 Å². The number of morpholine rings is 1. The van der Waals surface area contributed by atoms with Gasteiger partial charge in [0.15, 0.2) is 0 Å².